The van der Waals surface area contributed by atoms with Gasteiger partial charge in [0.05, 0.1) is 18.1 Å². The summed E-state index contributed by atoms with van der Waals surface area (Å²) in [6, 6.07) is 17.4. The third-order valence-corrected chi connectivity index (χ3v) is 6.19. The van der Waals surface area contributed by atoms with E-state index in [2.05, 4.69) is 17.3 Å². The fourth-order valence-electron chi connectivity index (χ4n) is 4.69. The third kappa shape index (κ3) is 3.27. The number of hydrazone groups is 1. The normalized spacial score (nSPS) is 27.7. The van der Waals surface area contributed by atoms with Crippen LogP contribution in [0.2, 0.25) is 0 Å². The molecule has 1 saturated carbocycles. The molecule has 1 aliphatic heterocycles. The molecule has 0 spiro atoms. The Morgan fingerprint density at radius 3 is 2.10 bits per heavy atom. The maximum atomic E-state index is 12.8. The minimum atomic E-state index is -0.225. The van der Waals surface area contributed by atoms with Crippen molar-refractivity contribution in [3.63, 3.8) is 0 Å². The van der Waals surface area contributed by atoms with Gasteiger partial charge < -0.3 is 4.74 Å². The average molecular weight is 386 g/mol. The monoisotopic (exact) mass is 386 g/mol. The van der Waals surface area contributed by atoms with Crippen LogP contribution in [0.3, 0.4) is 0 Å². The number of amides is 2. The van der Waals surface area contributed by atoms with Crippen LogP contribution in [-0.4, -0.2) is 23.0 Å². The third-order valence-electron chi connectivity index (χ3n) is 6.19. The number of rotatable bonds is 5. The number of nitrogens with zero attached hydrogens (tertiary/aromatic N) is 2. The number of hydrogen-bond donors (Lipinski definition) is 0. The molecule has 2 aromatic rings. The van der Waals surface area contributed by atoms with Crippen molar-refractivity contribution in [3.8, 4) is 5.75 Å². The summed E-state index contributed by atoms with van der Waals surface area (Å²) in [6.07, 6.45) is 7.78. The second kappa shape index (κ2) is 7.32. The number of imide groups is 1. The van der Waals surface area contributed by atoms with Crippen molar-refractivity contribution in [3.05, 3.63) is 77.9 Å². The van der Waals surface area contributed by atoms with Gasteiger partial charge in [-0.1, -0.05) is 42.5 Å². The maximum Gasteiger partial charge on any atom is 0.254 e. The molecule has 5 heteroatoms. The topological polar surface area (TPSA) is 59.0 Å². The van der Waals surface area contributed by atoms with E-state index in [9.17, 15) is 9.59 Å². The number of ether oxygens (including phenoxy) is 1. The van der Waals surface area contributed by atoms with Gasteiger partial charge in [-0.2, -0.15) is 10.1 Å². The molecule has 2 aromatic carbocycles. The van der Waals surface area contributed by atoms with Crippen molar-refractivity contribution in [1.82, 2.24) is 5.01 Å². The van der Waals surface area contributed by atoms with E-state index in [1.54, 1.807) is 6.21 Å². The SMILES string of the molecule is O=C1C2C3C=CC(CC3)C2C(=O)N1N=Cc1ccc(OCc2ccccc2)cc1. The number of hydrogen-bond acceptors (Lipinski definition) is 4. The van der Waals surface area contributed by atoms with E-state index in [4.69, 9.17) is 4.74 Å². The summed E-state index contributed by atoms with van der Waals surface area (Å²) in [5.74, 6) is 0.365. The van der Waals surface area contributed by atoms with Crippen molar-refractivity contribution < 1.29 is 14.3 Å². The Kier molecular flexibility index (Phi) is 4.51. The van der Waals surface area contributed by atoms with E-state index >= 15 is 0 Å². The van der Waals surface area contributed by atoms with E-state index in [1.165, 1.54) is 0 Å². The first-order valence-electron chi connectivity index (χ1n) is 10.1. The van der Waals surface area contributed by atoms with Crippen LogP contribution in [0.15, 0.2) is 71.9 Å². The van der Waals surface area contributed by atoms with Crippen LogP contribution in [0, 0.1) is 23.7 Å². The van der Waals surface area contributed by atoms with E-state index in [-0.39, 0.29) is 35.5 Å². The number of fused-ring (bicyclic) bond motifs is 1. The molecule has 4 atom stereocenters. The standard InChI is InChI=1S/C24H22N2O3/c27-23-21-18-8-9-19(11-10-18)22(21)24(28)26(23)25-14-16-6-12-20(13-7-16)29-15-17-4-2-1-3-5-17/h1-9,12-14,18-19,21-22H,10-11,15H2. The predicted octanol–water partition coefficient (Wildman–Crippen LogP) is 3.80. The maximum absolute atomic E-state index is 12.8. The first kappa shape index (κ1) is 17.9. The summed E-state index contributed by atoms with van der Waals surface area (Å²) in [5.41, 5.74) is 1.92. The molecular weight excluding hydrogens is 364 g/mol. The van der Waals surface area contributed by atoms with Crippen LogP contribution in [0.4, 0.5) is 0 Å². The molecule has 4 aliphatic rings. The first-order chi connectivity index (χ1) is 14.2. The zero-order chi connectivity index (χ0) is 19.8. The molecule has 146 valence electrons. The molecule has 5 nitrogen and oxygen atoms in total. The fourth-order valence-corrected chi connectivity index (χ4v) is 4.69. The predicted molar refractivity (Wildman–Crippen MR) is 109 cm³/mol. The van der Waals surface area contributed by atoms with Gasteiger partial charge in [0.15, 0.2) is 0 Å². The molecule has 3 aliphatic carbocycles. The number of carbonyl (C=O) groups is 2. The van der Waals surface area contributed by atoms with E-state index < -0.39 is 0 Å². The quantitative estimate of drug-likeness (QED) is 0.446. The Balaban J connectivity index is 1.25. The van der Waals surface area contributed by atoms with E-state index in [1.807, 2.05) is 54.6 Å². The molecule has 2 bridgehead atoms. The van der Waals surface area contributed by atoms with Crippen LogP contribution in [0.5, 0.6) is 5.75 Å². The molecule has 6 rings (SSSR count). The lowest BCUT2D eigenvalue weighted by molar-refractivity contribution is -0.140. The van der Waals surface area contributed by atoms with Crippen molar-refractivity contribution in [1.29, 1.82) is 0 Å². The molecule has 1 heterocycles. The van der Waals surface area contributed by atoms with Gasteiger partial charge >= 0.3 is 0 Å². The Bertz CT molecular complexity index is 949. The second-order valence-corrected chi connectivity index (χ2v) is 7.92. The van der Waals surface area contributed by atoms with E-state index in [0.717, 1.165) is 34.7 Å². The van der Waals surface area contributed by atoms with Gasteiger partial charge in [0.2, 0.25) is 0 Å². The van der Waals surface area contributed by atoms with Gasteiger partial charge in [-0.25, -0.2) is 0 Å². The molecule has 2 amide bonds. The lowest BCUT2D eigenvalue weighted by Crippen LogP contribution is -2.38. The van der Waals surface area contributed by atoms with Crippen LogP contribution in [-0.2, 0) is 16.2 Å². The number of allylic oxidation sites excluding steroid dienone is 2. The summed E-state index contributed by atoms with van der Waals surface area (Å²) < 4.78 is 5.78. The highest BCUT2D eigenvalue weighted by Crippen LogP contribution is 2.49. The summed E-state index contributed by atoms with van der Waals surface area (Å²) in [5, 5.41) is 5.33. The molecule has 29 heavy (non-hydrogen) atoms. The van der Waals surface area contributed by atoms with Crippen molar-refractivity contribution in [2.24, 2.45) is 28.8 Å². The van der Waals surface area contributed by atoms with Crippen LogP contribution >= 0.6 is 0 Å². The minimum absolute atomic E-state index is 0.155. The summed E-state index contributed by atoms with van der Waals surface area (Å²) in [7, 11) is 0. The van der Waals surface area contributed by atoms with Gasteiger partial charge in [0.25, 0.3) is 11.8 Å². The van der Waals surface area contributed by atoms with Crippen molar-refractivity contribution in [2.45, 2.75) is 19.4 Å². The minimum Gasteiger partial charge on any atom is -0.489 e. The highest BCUT2D eigenvalue weighted by Gasteiger charge is 2.56. The van der Waals surface area contributed by atoms with Gasteiger partial charge in [0, 0.05) is 0 Å². The Hall–Kier alpha value is -3.21. The summed E-state index contributed by atoms with van der Waals surface area (Å²) >= 11 is 0. The zero-order valence-electron chi connectivity index (χ0n) is 16.0. The van der Waals surface area contributed by atoms with Gasteiger partial charge in [-0.15, -0.1) is 0 Å². The van der Waals surface area contributed by atoms with Crippen LogP contribution in [0.25, 0.3) is 0 Å². The number of benzene rings is 2. The molecule has 0 aromatic heterocycles. The molecule has 0 N–H and O–H groups in total. The van der Waals surface area contributed by atoms with Gasteiger partial charge in [0.1, 0.15) is 12.4 Å². The zero-order valence-corrected chi connectivity index (χ0v) is 16.0. The Morgan fingerprint density at radius 2 is 1.52 bits per heavy atom. The fraction of sp³-hybridized carbons (Fsp3) is 0.292. The van der Waals surface area contributed by atoms with Crippen molar-refractivity contribution >= 4 is 18.0 Å². The van der Waals surface area contributed by atoms with Gasteiger partial charge in [-0.3, -0.25) is 9.59 Å². The van der Waals surface area contributed by atoms with Crippen molar-refractivity contribution in [2.75, 3.05) is 0 Å². The van der Waals surface area contributed by atoms with E-state index in [0.29, 0.717) is 6.61 Å². The Labute approximate surface area is 169 Å². The van der Waals surface area contributed by atoms with Crippen LogP contribution < -0.4 is 4.74 Å². The lowest BCUT2D eigenvalue weighted by Gasteiger charge is -2.37. The lowest BCUT2D eigenvalue weighted by atomic mass is 9.63. The Morgan fingerprint density at radius 1 is 0.897 bits per heavy atom. The summed E-state index contributed by atoms with van der Waals surface area (Å²) in [4.78, 5) is 25.5. The highest BCUT2D eigenvalue weighted by atomic mass is 16.5. The van der Waals surface area contributed by atoms with Gasteiger partial charge in [-0.05, 0) is 60.1 Å². The smallest absolute Gasteiger partial charge is 0.254 e. The molecular formula is C24H22N2O3. The van der Waals surface area contributed by atoms with Crippen LogP contribution in [0.1, 0.15) is 24.0 Å². The summed E-state index contributed by atoms with van der Waals surface area (Å²) in [6.45, 7) is 0.504. The number of carbonyl (C=O) groups excluding carboxylic acids is 2. The molecule has 0 radical (unpaired) electrons. The molecule has 4 unspecified atom stereocenters. The largest absolute Gasteiger partial charge is 0.489 e. The second-order valence-electron chi connectivity index (χ2n) is 7.92. The first-order valence-corrected chi connectivity index (χ1v) is 10.1. The molecule has 1 saturated heterocycles. The highest BCUT2D eigenvalue weighted by molar-refractivity contribution is 6.06. The average Bonchev–Trinajstić information content (AvgIpc) is 3.05. The molecule has 2 fully saturated rings.